The van der Waals surface area contributed by atoms with E-state index >= 15 is 0 Å². The highest BCUT2D eigenvalue weighted by molar-refractivity contribution is 9.10. The molecule has 3 rings (SSSR count). The second kappa shape index (κ2) is 10.4. The summed E-state index contributed by atoms with van der Waals surface area (Å²) in [5.74, 6) is 0.916. The number of carbonyl (C=O) groups excluding carboxylic acids is 1. The van der Waals surface area contributed by atoms with Crippen LogP contribution in [0.4, 0.5) is 0 Å². The molecule has 0 N–H and O–H groups in total. The van der Waals surface area contributed by atoms with Crippen LogP contribution in [-0.2, 0) is 9.53 Å². The number of hydrazone groups is 1. The smallest absolute Gasteiger partial charge is 0.276 e. The summed E-state index contributed by atoms with van der Waals surface area (Å²) in [6.07, 6.45) is 2.77. The first-order chi connectivity index (χ1) is 15.4. The molecule has 1 atom stereocenters. The number of ether oxygens (including phenoxy) is 3. The van der Waals surface area contributed by atoms with E-state index in [1.807, 2.05) is 55.6 Å². The van der Waals surface area contributed by atoms with Crippen molar-refractivity contribution in [1.82, 2.24) is 14.8 Å². The van der Waals surface area contributed by atoms with Crippen molar-refractivity contribution in [2.75, 3.05) is 28.4 Å². The van der Waals surface area contributed by atoms with Crippen LogP contribution in [0.1, 0.15) is 24.2 Å². The normalized spacial score (nSPS) is 12.4. The first kappa shape index (κ1) is 23.5. The zero-order chi connectivity index (χ0) is 23.3. The van der Waals surface area contributed by atoms with Gasteiger partial charge in [-0.25, -0.2) is 9.69 Å². The quantitative estimate of drug-likeness (QED) is 0.341. The van der Waals surface area contributed by atoms with E-state index in [0.29, 0.717) is 21.7 Å². The third-order valence-corrected chi connectivity index (χ3v) is 5.69. The van der Waals surface area contributed by atoms with E-state index in [9.17, 15) is 4.79 Å². The summed E-state index contributed by atoms with van der Waals surface area (Å²) in [5.41, 5.74) is 2.99. The molecule has 0 aliphatic heterocycles. The van der Waals surface area contributed by atoms with Crippen LogP contribution in [0.5, 0.6) is 11.5 Å². The summed E-state index contributed by atoms with van der Waals surface area (Å²) in [6.45, 7) is 1.81. The molecule has 0 saturated heterocycles. The van der Waals surface area contributed by atoms with Gasteiger partial charge in [0.1, 0.15) is 16.0 Å². The first-order valence-electron chi connectivity index (χ1n) is 9.77. The topological polar surface area (TPSA) is 78.2 Å². The SMILES string of the molecule is COc1cc(C(C)=NN(C)C(=O)C(OC)c2ccc(-n3cccn3)cc2)cc(OC)c1Br. The van der Waals surface area contributed by atoms with E-state index in [1.165, 1.54) is 12.1 Å². The monoisotopic (exact) mass is 500 g/mol. The van der Waals surface area contributed by atoms with Crippen molar-refractivity contribution in [1.29, 1.82) is 0 Å². The maximum Gasteiger partial charge on any atom is 0.276 e. The summed E-state index contributed by atoms with van der Waals surface area (Å²) in [5, 5.41) is 9.95. The van der Waals surface area contributed by atoms with Crippen LogP contribution in [0, 0.1) is 0 Å². The third kappa shape index (κ3) is 5.00. The fraction of sp³-hybridized carbons (Fsp3) is 0.261. The average molecular weight is 501 g/mol. The van der Waals surface area contributed by atoms with Gasteiger partial charge in [-0.3, -0.25) is 4.79 Å². The predicted octanol–water partition coefficient (Wildman–Crippen LogP) is 4.22. The summed E-state index contributed by atoms with van der Waals surface area (Å²) < 4.78 is 18.7. The molecule has 8 nitrogen and oxygen atoms in total. The molecule has 32 heavy (non-hydrogen) atoms. The van der Waals surface area contributed by atoms with Gasteiger partial charge in [0.2, 0.25) is 0 Å². The van der Waals surface area contributed by atoms with Crippen molar-refractivity contribution in [3.8, 4) is 17.2 Å². The van der Waals surface area contributed by atoms with Crippen LogP contribution in [0.3, 0.4) is 0 Å². The molecular weight excluding hydrogens is 476 g/mol. The highest BCUT2D eigenvalue weighted by Crippen LogP contribution is 2.35. The van der Waals surface area contributed by atoms with Gasteiger partial charge < -0.3 is 14.2 Å². The van der Waals surface area contributed by atoms with Crippen molar-refractivity contribution < 1.29 is 19.0 Å². The summed E-state index contributed by atoms with van der Waals surface area (Å²) >= 11 is 3.45. The van der Waals surface area contributed by atoms with E-state index < -0.39 is 6.10 Å². The lowest BCUT2D eigenvalue weighted by atomic mass is 10.1. The molecule has 168 valence electrons. The van der Waals surface area contributed by atoms with Gasteiger partial charge in [0, 0.05) is 32.1 Å². The molecule has 1 aromatic heterocycles. The zero-order valence-electron chi connectivity index (χ0n) is 18.6. The van der Waals surface area contributed by atoms with E-state index in [0.717, 1.165) is 16.8 Å². The Labute approximate surface area is 195 Å². The van der Waals surface area contributed by atoms with Gasteiger partial charge in [-0.05, 0) is 58.7 Å². The average Bonchev–Trinajstić information content (AvgIpc) is 3.35. The fourth-order valence-corrected chi connectivity index (χ4v) is 3.74. The van der Waals surface area contributed by atoms with E-state index in [-0.39, 0.29) is 5.91 Å². The molecule has 0 aliphatic rings. The maximum absolute atomic E-state index is 13.1. The highest BCUT2D eigenvalue weighted by atomic mass is 79.9. The summed E-state index contributed by atoms with van der Waals surface area (Å²) in [6, 6.07) is 13.0. The Kier molecular flexibility index (Phi) is 7.66. The fourth-order valence-electron chi connectivity index (χ4n) is 3.18. The molecule has 3 aromatic rings. The summed E-state index contributed by atoms with van der Waals surface area (Å²) in [7, 11) is 6.25. The number of halogens is 1. The Hall–Kier alpha value is -3.17. The van der Waals surface area contributed by atoms with Crippen molar-refractivity contribution in [3.05, 3.63) is 70.5 Å². The first-order valence-corrected chi connectivity index (χ1v) is 10.6. The van der Waals surface area contributed by atoms with Gasteiger partial charge in [-0.15, -0.1) is 0 Å². The largest absolute Gasteiger partial charge is 0.495 e. The molecular formula is C23H25BrN4O4. The molecule has 0 aliphatic carbocycles. The Bertz CT molecular complexity index is 1070. The van der Waals surface area contributed by atoms with Crippen LogP contribution in [0.15, 0.2) is 64.4 Å². The molecule has 0 spiro atoms. The van der Waals surface area contributed by atoms with Gasteiger partial charge in [-0.2, -0.15) is 10.2 Å². The molecule has 1 heterocycles. The van der Waals surface area contributed by atoms with Crippen LogP contribution in [0.2, 0.25) is 0 Å². The third-order valence-electron chi connectivity index (χ3n) is 4.91. The second-order valence-electron chi connectivity index (χ2n) is 6.90. The number of benzene rings is 2. The second-order valence-corrected chi connectivity index (χ2v) is 7.69. The van der Waals surface area contributed by atoms with Crippen molar-refractivity contribution in [2.24, 2.45) is 5.10 Å². The van der Waals surface area contributed by atoms with Gasteiger partial charge >= 0.3 is 0 Å². The number of likely N-dealkylation sites (N-methyl/N-ethyl adjacent to an activating group) is 1. The number of nitrogens with zero attached hydrogens (tertiary/aromatic N) is 4. The van der Waals surface area contributed by atoms with E-state index in [2.05, 4.69) is 26.1 Å². The number of aromatic nitrogens is 2. The minimum Gasteiger partial charge on any atom is -0.495 e. The molecule has 1 unspecified atom stereocenters. The van der Waals surface area contributed by atoms with Gasteiger partial charge in [0.25, 0.3) is 5.91 Å². The number of methoxy groups -OCH3 is 3. The van der Waals surface area contributed by atoms with Crippen molar-refractivity contribution in [3.63, 3.8) is 0 Å². The minimum absolute atomic E-state index is 0.297. The van der Waals surface area contributed by atoms with Gasteiger partial charge in [-0.1, -0.05) is 12.1 Å². The number of rotatable bonds is 8. The molecule has 0 fully saturated rings. The van der Waals surface area contributed by atoms with E-state index in [4.69, 9.17) is 14.2 Å². The Balaban J connectivity index is 1.82. The zero-order valence-corrected chi connectivity index (χ0v) is 20.2. The molecule has 9 heteroatoms. The number of carbonyl (C=O) groups is 1. The standard InChI is InChI=1S/C23H25BrN4O4/c1-15(17-13-19(30-3)21(24)20(14-17)31-4)26-27(2)23(29)22(32-5)16-7-9-18(10-8-16)28-12-6-11-25-28/h6-14,22H,1-5H3. The number of amides is 1. The lowest BCUT2D eigenvalue weighted by Crippen LogP contribution is -2.29. The van der Waals surface area contributed by atoms with Crippen LogP contribution in [0.25, 0.3) is 5.69 Å². The Morgan fingerprint density at radius 1 is 1.12 bits per heavy atom. The van der Waals surface area contributed by atoms with E-state index in [1.54, 1.807) is 32.1 Å². The van der Waals surface area contributed by atoms with Crippen molar-refractivity contribution in [2.45, 2.75) is 13.0 Å². The van der Waals surface area contributed by atoms with Gasteiger partial charge in [0.15, 0.2) is 6.10 Å². The Morgan fingerprint density at radius 2 is 1.75 bits per heavy atom. The Morgan fingerprint density at radius 3 is 2.25 bits per heavy atom. The van der Waals surface area contributed by atoms with Crippen LogP contribution in [-0.4, -0.2) is 54.8 Å². The van der Waals surface area contributed by atoms with Crippen LogP contribution >= 0.6 is 15.9 Å². The maximum atomic E-state index is 13.1. The lowest BCUT2D eigenvalue weighted by molar-refractivity contribution is -0.141. The molecule has 0 radical (unpaired) electrons. The van der Waals surface area contributed by atoms with Crippen LogP contribution < -0.4 is 9.47 Å². The van der Waals surface area contributed by atoms with Crippen molar-refractivity contribution >= 4 is 27.5 Å². The number of hydrogen-bond donors (Lipinski definition) is 0. The number of hydrogen-bond acceptors (Lipinski definition) is 6. The minimum atomic E-state index is -0.794. The predicted molar refractivity (Wildman–Crippen MR) is 126 cm³/mol. The molecule has 1 amide bonds. The molecule has 0 bridgehead atoms. The van der Waals surface area contributed by atoms with Gasteiger partial charge in [0.05, 0.1) is 25.6 Å². The molecule has 2 aromatic carbocycles. The lowest BCUT2D eigenvalue weighted by Gasteiger charge is -2.20. The summed E-state index contributed by atoms with van der Waals surface area (Å²) in [4.78, 5) is 13.1. The highest BCUT2D eigenvalue weighted by Gasteiger charge is 2.24. The molecule has 0 saturated carbocycles.